The number of carbonyl (C=O) groups is 2. The topological polar surface area (TPSA) is 69.4 Å². The molecule has 2 aromatic rings. The van der Waals surface area contributed by atoms with E-state index in [1.807, 2.05) is 37.3 Å². The van der Waals surface area contributed by atoms with Gasteiger partial charge in [-0.25, -0.2) is 0 Å². The van der Waals surface area contributed by atoms with Crippen LogP contribution in [0.1, 0.15) is 34.8 Å². The van der Waals surface area contributed by atoms with Crippen LogP contribution in [0.15, 0.2) is 54.6 Å². The largest absolute Gasteiger partial charge is 0.373 e. The molecule has 132 valence electrons. The van der Waals surface area contributed by atoms with Crippen molar-refractivity contribution >= 4 is 24.3 Å². The molecule has 0 fully saturated rings. The minimum absolute atomic E-state index is 0.0102. The molecule has 4 nitrogen and oxygen atoms in total. The van der Waals surface area contributed by atoms with Gasteiger partial charge in [0.05, 0.1) is 18.6 Å². The molecule has 0 aromatic heterocycles. The zero-order valence-electron chi connectivity index (χ0n) is 14.2. The average Bonchev–Trinajstić information content (AvgIpc) is 2.64. The molecule has 2 atom stereocenters. The number of hydrogen-bond donors (Lipinski definition) is 2. The van der Waals surface area contributed by atoms with Crippen LogP contribution in [0.2, 0.25) is 0 Å². The summed E-state index contributed by atoms with van der Waals surface area (Å²) in [6, 6.07) is 16.5. The number of carbonyl (C=O) groups excluding carboxylic acids is 2. The van der Waals surface area contributed by atoms with Crippen LogP contribution in [0.25, 0.3) is 0 Å². The van der Waals surface area contributed by atoms with Crippen molar-refractivity contribution in [3.05, 3.63) is 71.3 Å². The van der Waals surface area contributed by atoms with Gasteiger partial charge in [-0.3, -0.25) is 9.59 Å². The molecule has 0 saturated heterocycles. The molecular formula is C20H23NO3S. The number of hydrogen-bond acceptors (Lipinski definition) is 4. The highest BCUT2D eigenvalue weighted by Gasteiger charge is 2.22. The van der Waals surface area contributed by atoms with Gasteiger partial charge in [-0.2, -0.15) is 12.6 Å². The van der Waals surface area contributed by atoms with E-state index in [1.54, 1.807) is 24.3 Å². The minimum Gasteiger partial charge on any atom is -0.373 e. The van der Waals surface area contributed by atoms with E-state index >= 15 is 0 Å². The van der Waals surface area contributed by atoms with Crippen molar-refractivity contribution in [2.45, 2.75) is 26.1 Å². The number of primary amides is 1. The van der Waals surface area contributed by atoms with E-state index in [4.69, 9.17) is 10.5 Å². The van der Waals surface area contributed by atoms with Crippen molar-refractivity contribution in [1.29, 1.82) is 0 Å². The van der Waals surface area contributed by atoms with Crippen molar-refractivity contribution in [1.82, 2.24) is 0 Å². The lowest BCUT2D eigenvalue weighted by molar-refractivity contribution is -0.127. The number of ketones is 1. The monoisotopic (exact) mass is 357 g/mol. The Kier molecular flexibility index (Phi) is 7.22. The molecule has 25 heavy (non-hydrogen) atoms. The Balaban J connectivity index is 1.96. The van der Waals surface area contributed by atoms with Crippen molar-refractivity contribution in [2.75, 3.05) is 5.75 Å². The fraction of sp³-hybridized carbons (Fsp3) is 0.300. The summed E-state index contributed by atoms with van der Waals surface area (Å²) in [7, 11) is 0. The Morgan fingerprint density at radius 2 is 1.64 bits per heavy atom. The van der Waals surface area contributed by atoms with Crippen molar-refractivity contribution in [3.63, 3.8) is 0 Å². The minimum atomic E-state index is -0.370. The maximum absolute atomic E-state index is 12.4. The molecule has 2 aromatic carbocycles. The van der Waals surface area contributed by atoms with E-state index in [9.17, 15) is 9.59 Å². The summed E-state index contributed by atoms with van der Waals surface area (Å²) in [5.74, 6) is -0.150. The van der Waals surface area contributed by atoms with Gasteiger partial charge < -0.3 is 10.5 Å². The van der Waals surface area contributed by atoms with Gasteiger partial charge in [0, 0.05) is 11.1 Å². The highest BCUT2D eigenvalue weighted by atomic mass is 32.1. The first-order valence-electron chi connectivity index (χ1n) is 8.23. The molecule has 5 heteroatoms. The van der Waals surface area contributed by atoms with Gasteiger partial charge >= 0.3 is 0 Å². The molecular weight excluding hydrogens is 334 g/mol. The van der Waals surface area contributed by atoms with Crippen LogP contribution in [0.3, 0.4) is 0 Å². The third-order valence-electron chi connectivity index (χ3n) is 4.14. The van der Waals surface area contributed by atoms with E-state index in [0.717, 1.165) is 5.56 Å². The molecule has 0 aliphatic carbocycles. The number of thiol groups is 1. The van der Waals surface area contributed by atoms with Crippen molar-refractivity contribution in [3.8, 4) is 0 Å². The summed E-state index contributed by atoms with van der Waals surface area (Å²) in [6.45, 7) is 2.20. The van der Waals surface area contributed by atoms with E-state index in [2.05, 4.69) is 12.6 Å². The summed E-state index contributed by atoms with van der Waals surface area (Å²) >= 11 is 4.15. The first-order valence-corrected chi connectivity index (χ1v) is 8.86. The standard InChI is InChI=1S/C20H23NO3S/c1-14(18(11-12-25)20(21)23)24-13-15-7-9-17(10-8-15)19(22)16-5-3-2-4-6-16/h2-10,14,18,25H,11-13H2,1H3,(H2,21,23). The third kappa shape index (κ3) is 5.44. The van der Waals surface area contributed by atoms with Crippen molar-refractivity contribution < 1.29 is 14.3 Å². The highest BCUT2D eigenvalue weighted by Crippen LogP contribution is 2.16. The van der Waals surface area contributed by atoms with Crippen LogP contribution < -0.4 is 5.73 Å². The molecule has 2 unspecified atom stereocenters. The van der Waals surface area contributed by atoms with Crippen LogP contribution in [0.4, 0.5) is 0 Å². The third-order valence-corrected chi connectivity index (χ3v) is 4.40. The SMILES string of the molecule is CC(OCc1ccc(C(=O)c2ccccc2)cc1)C(CCS)C(N)=O. The smallest absolute Gasteiger partial charge is 0.223 e. The lowest BCUT2D eigenvalue weighted by atomic mass is 10.00. The molecule has 0 heterocycles. The molecule has 2 rings (SSSR count). The summed E-state index contributed by atoms with van der Waals surface area (Å²) in [5.41, 5.74) is 7.64. The fourth-order valence-corrected chi connectivity index (χ4v) is 2.88. The number of rotatable bonds is 9. The van der Waals surface area contributed by atoms with E-state index in [-0.39, 0.29) is 23.7 Å². The summed E-state index contributed by atoms with van der Waals surface area (Å²) in [6.07, 6.45) is 0.305. The van der Waals surface area contributed by atoms with Gasteiger partial charge in [0.1, 0.15) is 0 Å². The predicted octanol–water partition coefficient (Wildman–Crippen LogP) is 3.24. The average molecular weight is 357 g/mol. The van der Waals surface area contributed by atoms with Gasteiger partial charge in [0.2, 0.25) is 5.91 Å². The lowest BCUT2D eigenvalue weighted by Gasteiger charge is -2.21. The van der Waals surface area contributed by atoms with Crippen LogP contribution in [-0.2, 0) is 16.1 Å². The molecule has 1 amide bonds. The first kappa shape index (κ1) is 19.2. The Labute approximate surface area is 153 Å². The first-order chi connectivity index (χ1) is 12.0. The van der Waals surface area contributed by atoms with Crippen molar-refractivity contribution in [2.24, 2.45) is 11.7 Å². The quantitative estimate of drug-likeness (QED) is 0.535. The molecule has 0 spiro atoms. The number of benzene rings is 2. The van der Waals surface area contributed by atoms with E-state index in [0.29, 0.717) is 29.9 Å². The normalized spacial score (nSPS) is 13.2. The zero-order chi connectivity index (χ0) is 18.2. The molecule has 0 bridgehead atoms. The van der Waals surface area contributed by atoms with Gasteiger partial charge in [-0.1, -0.05) is 54.6 Å². The maximum Gasteiger partial charge on any atom is 0.223 e. The van der Waals surface area contributed by atoms with Crippen LogP contribution in [0, 0.1) is 5.92 Å². The van der Waals surface area contributed by atoms with Gasteiger partial charge in [-0.15, -0.1) is 0 Å². The van der Waals surface area contributed by atoms with E-state index in [1.165, 1.54) is 0 Å². The number of amides is 1. The van der Waals surface area contributed by atoms with Crippen LogP contribution in [-0.4, -0.2) is 23.5 Å². The fourth-order valence-electron chi connectivity index (χ4n) is 2.60. The molecule has 0 saturated carbocycles. The Morgan fingerprint density at radius 1 is 1.04 bits per heavy atom. The Bertz CT molecular complexity index is 701. The maximum atomic E-state index is 12.4. The van der Waals surface area contributed by atoms with Gasteiger partial charge in [-0.05, 0) is 24.7 Å². The molecule has 0 aliphatic rings. The van der Waals surface area contributed by atoms with E-state index < -0.39 is 0 Å². The van der Waals surface area contributed by atoms with Crippen LogP contribution in [0.5, 0.6) is 0 Å². The second-order valence-electron chi connectivity index (χ2n) is 5.93. The summed E-state index contributed by atoms with van der Waals surface area (Å²) < 4.78 is 5.77. The van der Waals surface area contributed by atoms with Gasteiger partial charge in [0.25, 0.3) is 0 Å². The van der Waals surface area contributed by atoms with Crippen LogP contribution >= 0.6 is 12.6 Å². The lowest BCUT2D eigenvalue weighted by Crippen LogP contribution is -2.33. The van der Waals surface area contributed by atoms with Gasteiger partial charge in [0.15, 0.2) is 5.78 Å². The number of ether oxygens (including phenoxy) is 1. The second-order valence-corrected chi connectivity index (χ2v) is 6.38. The molecule has 0 radical (unpaired) electrons. The zero-order valence-corrected chi connectivity index (χ0v) is 15.1. The second kappa shape index (κ2) is 9.39. The predicted molar refractivity (Wildman–Crippen MR) is 102 cm³/mol. The molecule has 2 N–H and O–H groups in total. The number of nitrogens with two attached hydrogens (primary N) is 1. The Morgan fingerprint density at radius 3 is 2.20 bits per heavy atom. The Hall–Kier alpha value is -2.11. The summed E-state index contributed by atoms with van der Waals surface area (Å²) in [4.78, 5) is 23.8. The molecule has 0 aliphatic heterocycles. The highest BCUT2D eigenvalue weighted by molar-refractivity contribution is 7.80. The summed E-state index contributed by atoms with van der Waals surface area (Å²) in [5, 5.41) is 0.